The van der Waals surface area contributed by atoms with Crippen molar-refractivity contribution in [1.29, 1.82) is 0 Å². The molecule has 1 heterocycles. The Bertz CT molecular complexity index is 882. The molecule has 0 amide bonds. The number of carbonyl (C=O) groups is 1. The number of para-hydroxylation sites is 1. The average Bonchev–Trinajstić information content (AvgIpc) is 2.68. The van der Waals surface area contributed by atoms with Gasteiger partial charge in [0, 0.05) is 24.4 Å². The van der Waals surface area contributed by atoms with Crippen molar-refractivity contribution in [2.24, 2.45) is 5.10 Å². The number of nitrogens with one attached hydrogen (secondary N) is 1. The van der Waals surface area contributed by atoms with Crippen molar-refractivity contribution < 1.29 is 14.5 Å². The second-order valence-electron chi connectivity index (χ2n) is 5.96. The van der Waals surface area contributed by atoms with E-state index in [1.54, 1.807) is 19.1 Å². The van der Waals surface area contributed by atoms with Crippen LogP contribution in [0.3, 0.4) is 0 Å². The van der Waals surface area contributed by atoms with Crippen molar-refractivity contribution in [3.63, 3.8) is 0 Å². The van der Waals surface area contributed by atoms with Crippen LogP contribution < -0.4 is 10.3 Å². The zero-order valence-electron chi connectivity index (χ0n) is 14.9. The number of hydrazone groups is 1. The maximum Gasteiger partial charge on any atom is 0.376 e. The van der Waals surface area contributed by atoms with E-state index in [9.17, 15) is 14.9 Å². The fraction of sp³-hybridized carbons (Fsp3) is 0.263. The van der Waals surface area contributed by atoms with Gasteiger partial charge in [0.25, 0.3) is 5.69 Å². The highest BCUT2D eigenvalue weighted by molar-refractivity contribution is 6.41. The average molecular weight is 368 g/mol. The standard InChI is InChI=1S/C19H20N4O4/c1-2-27-19(24)18(21-20-15-9-5-10-16(13-15)23(25)26)22-12-6-8-14-7-3-4-11-17(14)22/h3-5,7,9-11,13,20H,2,6,8,12H2,1H3/b21-18+. The number of benzene rings is 2. The highest BCUT2D eigenvalue weighted by atomic mass is 16.6. The summed E-state index contributed by atoms with van der Waals surface area (Å²) in [6.45, 7) is 2.59. The number of non-ortho nitro benzene ring substituents is 1. The van der Waals surface area contributed by atoms with Gasteiger partial charge in [-0.25, -0.2) is 4.79 Å². The molecule has 0 fully saturated rings. The molecule has 27 heavy (non-hydrogen) atoms. The number of rotatable bonds is 4. The lowest BCUT2D eigenvalue weighted by molar-refractivity contribution is -0.384. The number of amidine groups is 1. The Kier molecular flexibility index (Phi) is 5.65. The number of nitro benzene ring substituents is 1. The Morgan fingerprint density at radius 1 is 1.30 bits per heavy atom. The zero-order chi connectivity index (χ0) is 19.2. The van der Waals surface area contributed by atoms with E-state index in [2.05, 4.69) is 10.5 Å². The molecular formula is C19H20N4O4. The molecule has 1 aliphatic heterocycles. The maximum absolute atomic E-state index is 12.5. The lowest BCUT2D eigenvalue weighted by Crippen LogP contribution is -2.41. The quantitative estimate of drug-likeness (QED) is 0.292. The van der Waals surface area contributed by atoms with Crippen LogP contribution in [0.4, 0.5) is 17.1 Å². The molecule has 1 aliphatic rings. The van der Waals surface area contributed by atoms with Gasteiger partial charge in [0.2, 0.25) is 5.84 Å². The Labute approximate surface area is 156 Å². The van der Waals surface area contributed by atoms with Gasteiger partial charge in [-0.1, -0.05) is 24.3 Å². The van der Waals surface area contributed by atoms with Gasteiger partial charge < -0.3 is 9.64 Å². The first-order valence-electron chi connectivity index (χ1n) is 8.71. The molecule has 0 unspecified atom stereocenters. The number of carbonyl (C=O) groups excluding carboxylic acids is 1. The van der Waals surface area contributed by atoms with E-state index in [4.69, 9.17) is 4.74 Å². The van der Waals surface area contributed by atoms with Gasteiger partial charge >= 0.3 is 5.97 Å². The third kappa shape index (κ3) is 4.22. The number of hydrogen-bond donors (Lipinski definition) is 1. The predicted molar refractivity (Wildman–Crippen MR) is 103 cm³/mol. The van der Waals surface area contributed by atoms with Crippen LogP contribution in [0.2, 0.25) is 0 Å². The minimum atomic E-state index is -0.549. The molecule has 2 aromatic carbocycles. The Morgan fingerprint density at radius 2 is 2.11 bits per heavy atom. The van der Waals surface area contributed by atoms with Crippen LogP contribution in [-0.4, -0.2) is 29.9 Å². The van der Waals surface area contributed by atoms with Gasteiger partial charge in [-0.3, -0.25) is 15.5 Å². The first kappa shape index (κ1) is 18.4. The van der Waals surface area contributed by atoms with Crippen molar-refractivity contribution in [2.45, 2.75) is 19.8 Å². The lowest BCUT2D eigenvalue weighted by Gasteiger charge is -2.30. The normalized spacial score (nSPS) is 13.7. The molecule has 1 N–H and O–H groups in total. The van der Waals surface area contributed by atoms with Gasteiger partial charge in [-0.05, 0) is 37.5 Å². The SMILES string of the molecule is CCOC(=O)/C(=N\Nc1cccc([N+](=O)[O-])c1)N1CCCc2ccccc21. The smallest absolute Gasteiger partial charge is 0.376 e. The molecule has 0 atom stereocenters. The molecule has 8 nitrogen and oxygen atoms in total. The van der Waals surface area contributed by atoms with E-state index in [-0.39, 0.29) is 18.1 Å². The number of fused-ring (bicyclic) bond motifs is 1. The summed E-state index contributed by atoms with van der Waals surface area (Å²) in [5.41, 5.74) is 5.15. The van der Waals surface area contributed by atoms with Crippen molar-refractivity contribution >= 4 is 28.9 Å². The summed E-state index contributed by atoms with van der Waals surface area (Å²) in [5, 5.41) is 15.2. The maximum atomic E-state index is 12.5. The first-order valence-corrected chi connectivity index (χ1v) is 8.71. The van der Waals surface area contributed by atoms with Crippen molar-refractivity contribution in [3.05, 3.63) is 64.2 Å². The van der Waals surface area contributed by atoms with Gasteiger partial charge in [0.15, 0.2) is 0 Å². The van der Waals surface area contributed by atoms with Crippen LogP contribution in [0.25, 0.3) is 0 Å². The fourth-order valence-electron chi connectivity index (χ4n) is 2.97. The molecule has 3 rings (SSSR count). The monoisotopic (exact) mass is 368 g/mol. The number of ether oxygens (including phenoxy) is 1. The second-order valence-corrected chi connectivity index (χ2v) is 5.96. The third-order valence-electron chi connectivity index (χ3n) is 4.17. The molecule has 0 saturated heterocycles. The molecule has 0 bridgehead atoms. The minimum absolute atomic E-state index is 0.0591. The molecule has 0 aliphatic carbocycles. The van der Waals surface area contributed by atoms with Crippen LogP contribution in [-0.2, 0) is 16.0 Å². The highest BCUT2D eigenvalue weighted by Gasteiger charge is 2.27. The van der Waals surface area contributed by atoms with Crippen molar-refractivity contribution in [3.8, 4) is 0 Å². The number of anilines is 2. The number of aryl methyl sites for hydroxylation is 1. The summed E-state index contributed by atoms with van der Waals surface area (Å²) in [5.74, 6) is -0.428. The van der Waals surface area contributed by atoms with Crippen LogP contribution in [0.15, 0.2) is 53.6 Å². The molecule has 0 aromatic heterocycles. The number of esters is 1. The molecular weight excluding hydrogens is 348 g/mol. The van der Waals surface area contributed by atoms with E-state index in [1.807, 2.05) is 29.2 Å². The lowest BCUT2D eigenvalue weighted by atomic mass is 10.0. The predicted octanol–water partition coefficient (Wildman–Crippen LogP) is 3.34. The van der Waals surface area contributed by atoms with Crippen LogP contribution in [0.5, 0.6) is 0 Å². The summed E-state index contributed by atoms with van der Waals surface area (Å²) < 4.78 is 5.16. The van der Waals surface area contributed by atoms with Crippen molar-refractivity contribution in [1.82, 2.24) is 0 Å². The van der Waals surface area contributed by atoms with Crippen LogP contribution in [0, 0.1) is 10.1 Å². The van der Waals surface area contributed by atoms with Gasteiger partial charge in [0.05, 0.1) is 17.2 Å². The number of nitro groups is 1. The van der Waals surface area contributed by atoms with E-state index in [1.165, 1.54) is 12.1 Å². The van der Waals surface area contributed by atoms with E-state index in [0.717, 1.165) is 24.1 Å². The van der Waals surface area contributed by atoms with Gasteiger partial charge in [-0.15, -0.1) is 5.10 Å². The molecule has 0 spiro atoms. The summed E-state index contributed by atoms with van der Waals surface area (Å²) in [6, 6.07) is 13.8. The summed E-state index contributed by atoms with van der Waals surface area (Å²) in [4.78, 5) is 24.8. The molecule has 8 heteroatoms. The van der Waals surface area contributed by atoms with Crippen molar-refractivity contribution in [2.75, 3.05) is 23.5 Å². The number of nitrogens with zero attached hydrogens (tertiary/aromatic N) is 3. The fourth-order valence-corrected chi connectivity index (χ4v) is 2.97. The zero-order valence-corrected chi connectivity index (χ0v) is 14.9. The number of hydrogen-bond acceptors (Lipinski definition) is 6. The van der Waals surface area contributed by atoms with Gasteiger partial charge in [-0.2, -0.15) is 0 Å². The Hall–Kier alpha value is -3.42. The Morgan fingerprint density at radius 3 is 2.89 bits per heavy atom. The topological polar surface area (TPSA) is 97.1 Å². The molecule has 2 aromatic rings. The van der Waals surface area contributed by atoms with Gasteiger partial charge in [0.1, 0.15) is 0 Å². The van der Waals surface area contributed by atoms with E-state index >= 15 is 0 Å². The van der Waals surface area contributed by atoms with E-state index < -0.39 is 10.9 Å². The second kappa shape index (κ2) is 8.31. The largest absolute Gasteiger partial charge is 0.460 e. The Balaban J connectivity index is 1.93. The molecule has 140 valence electrons. The molecule has 0 radical (unpaired) electrons. The summed E-state index contributed by atoms with van der Waals surface area (Å²) >= 11 is 0. The highest BCUT2D eigenvalue weighted by Crippen LogP contribution is 2.27. The summed E-state index contributed by atoms with van der Waals surface area (Å²) in [7, 11) is 0. The first-order chi connectivity index (χ1) is 13.1. The van der Waals surface area contributed by atoms with Crippen LogP contribution >= 0.6 is 0 Å². The minimum Gasteiger partial charge on any atom is -0.460 e. The molecule has 0 saturated carbocycles. The van der Waals surface area contributed by atoms with E-state index in [0.29, 0.717) is 12.2 Å². The third-order valence-corrected chi connectivity index (χ3v) is 4.17. The summed E-state index contributed by atoms with van der Waals surface area (Å²) in [6.07, 6.45) is 1.81. The van der Waals surface area contributed by atoms with Crippen LogP contribution in [0.1, 0.15) is 18.9 Å².